The Kier molecular flexibility index (Phi) is 6.44. The van der Waals surface area contributed by atoms with E-state index in [1.54, 1.807) is 11.4 Å². The first-order chi connectivity index (χ1) is 12.5. The van der Waals surface area contributed by atoms with Crippen molar-refractivity contribution in [1.82, 2.24) is 20.2 Å². The maximum Gasteiger partial charge on any atom is 0.269 e. The van der Waals surface area contributed by atoms with E-state index in [-0.39, 0.29) is 22.9 Å². The summed E-state index contributed by atoms with van der Waals surface area (Å²) in [7, 11) is -1.74. The fourth-order valence-electron chi connectivity index (χ4n) is 3.15. The molecule has 2 N–H and O–H groups in total. The number of hydrogen-bond acceptors (Lipinski definition) is 7. The van der Waals surface area contributed by atoms with E-state index < -0.39 is 10.0 Å². The van der Waals surface area contributed by atoms with Gasteiger partial charge in [0.05, 0.1) is 0 Å². The number of hydrogen-bond donors (Lipinski definition) is 2. The summed E-state index contributed by atoms with van der Waals surface area (Å²) >= 11 is 1.30. The van der Waals surface area contributed by atoms with Gasteiger partial charge in [-0.25, -0.2) is 13.1 Å². The number of nitrogens with one attached hydrogen (secondary N) is 2. The van der Waals surface area contributed by atoms with Crippen LogP contribution in [0.1, 0.15) is 51.3 Å². The van der Waals surface area contributed by atoms with E-state index in [2.05, 4.69) is 20.2 Å². The fraction of sp³-hybridized carbons (Fsp3) is 0.647. The molecule has 144 valence electrons. The number of nitrogens with zero attached hydrogens (tertiary/aromatic N) is 2. The molecule has 1 unspecified atom stereocenters. The molecule has 3 rings (SSSR count). The third-order valence-electron chi connectivity index (χ3n) is 4.74. The van der Waals surface area contributed by atoms with Crippen LogP contribution >= 0.6 is 11.3 Å². The summed E-state index contributed by atoms with van der Waals surface area (Å²) in [6, 6.07) is 1.83. The first-order valence-electron chi connectivity index (χ1n) is 9.09. The van der Waals surface area contributed by atoms with Crippen LogP contribution in [0.2, 0.25) is 0 Å². The molecule has 1 aliphatic carbocycles. The minimum Gasteiger partial charge on any atom is -0.333 e. The van der Waals surface area contributed by atoms with E-state index in [1.807, 2.05) is 14.0 Å². The fourth-order valence-corrected chi connectivity index (χ4v) is 5.80. The van der Waals surface area contributed by atoms with Gasteiger partial charge in [0.1, 0.15) is 9.77 Å². The van der Waals surface area contributed by atoms with Crippen molar-refractivity contribution in [3.63, 3.8) is 0 Å². The zero-order chi connectivity index (χ0) is 18.6. The van der Waals surface area contributed by atoms with E-state index in [1.165, 1.54) is 24.2 Å². The first kappa shape index (κ1) is 19.5. The van der Waals surface area contributed by atoms with Gasteiger partial charge in [-0.05, 0) is 38.3 Å². The van der Waals surface area contributed by atoms with Crippen molar-refractivity contribution in [2.24, 2.45) is 0 Å². The molecular weight excluding hydrogens is 372 g/mol. The van der Waals surface area contributed by atoms with E-state index in [0.29, 0.717) is 17.1 Å². The van der Waals surface area contributed by atoms with Gasteiger partial charge in [0.15, 0.2) is 5.82 Å². The summed E-state index contributed by atoms with van der Waals surface area (Å²) in [5.41, 5.74) is 0. The lowest BCUT2D eigenvalue weighted by Crippen LogP contribution is -2.34. The van der Waals surface area contributed by atoms with Crippen LogP contribution in [0.5, 0.6) is 0 Å². The van der Waals surface area contributed by atoms with E-state index >= 15 is 0 Å². The monoisotopic (exact) mass is 398 g/mol. The molecule has 1 atom stereocenters. The Labute approximate surface area is 158 Å². The SMILES string of the molecule is CNC(C)Cc1noc(-c2sccc2S(=O)(=O)NC2CCCCCC2)n1. The molecule has 7 nitrogen and oxygen atoms in total. The Morgan fingerprint density at radius 1 is 1.31 bits per heavy atom. The Balaban J connectivity index is 1.79. The number of rotatable bonds is 7. The van der Waals surface area contributed by atoms with Gasteiger partial charge in [0.25, 0.3) is 5.89 Å². The molecule has 2 aromatic rings. The van der Waals surface area contributed by atoms with E-state index in [0.717, 1.165) is 25.7 Å². The van der Waals surface area contributed by atoms with Gasteiger partial charge in [-0.2, -0.15) is 4.98 Å². The van der Waals surface area contributed by atoms with Crippen molar-refractivity contribution in [3.05, 3.63) is 17.3 Å². The summed E-state index contributed by atoms with van der Waals surface area (Å²) in [6.45, 7) is 2.02. The lowest BCUT2D eigenvalue weighted by atomic mass is 10.1. The van der Waals surface area contributed by atoms with Gasteiger partial charge in [0, 0.05) is 18.5 Å². The number of sulfonamides is 1. The van der Waals surface area contributed by atoms with E-state index in [9.17, 15) is 8.42 Å². The highest BCUT2D eigenvalue weighted by molar-refractivity contribution is 7.89. The molecule has 0 bridgehead atoms. The minimum atomic E-state index is -3.61. The van der Waals surface area contributed by atoms with Crippen molar-refractivity contribution >= 4 is 21.4 Å². The average molecular weight is 399 g/mol. The third-order valence-corrected chi connectivity index (χ3v) is 7.33. The van der Waals surface area contributed by atoms with Gasteiger partial charge in [0.2, 0.25) is 10.0 Å². The maximum absolute atomic E-state index is 12.9. The van der Waals surface area contributed by atoms with Crippen LogP contribution in [0.25, 0.3) is 10.8 Å². The van der Waals surface area contributed by atoms with Crippen molar-refractivity contribution in [2.45, 2.75) is 68.8 Å². The Bertz CT molecular complexity index is 808. The van der Waals surface area contributed by atoms with Gasteiger partial charge < -0.3 is 9.84 Å². The van der Waals surface area contributed by atoms with Gasteiger partial charge in [-0.3, -0.25) is 0 Å². The minimum absolute atomic E-state index is 0.00461. The molecule has 0 amide bonds. The van der Waals surface area contributed by atoms with Crippen molar-refractivity contribution in [1.29, 1.82) is 0 Å². The van der Waals surface area contributed by atoms with Crippen molar-refractivity contribution in [3.8, 4) is 10.8 Å². The molecule has 1 fully saturated rings. The van der Waals surface area contributed by atoms with Gasteiger partial charge in [-0.15, -0.1) is 11.3 Å². The predicted octanol–water partition coefficient (Wildman–Crippen LogP) is 2.95. The normalized spacial score (nSPS) is 17.9. The summed E-state index contributed by atoms with van der Waals surface area (Å²) in [5.74, 6) is 0.829. The zero-order valence-electron chi connectivity index (χ0n) is 15.2. The third kappa shape index (κ3) is 4.70. The van der Waals surface area contributed by atoms with Gasteiger partial charge >= 0.3 is 0 Å². The second-order valence-corrected chi connectivity index (χ2v) is 9.43. The highest BCUT2D eigenvalue weighted by atomic mass is 32.2. The maximum atomic E-state index is 12.9. The van der Waals surface area contributed by atoms with E-state index in [4.69, 9.17) is 4.52 Å². The molecule has 1 saturated carbocycles. The zero-order valence-corrected chi connectivity index (χ0v) is 16.8. The predicted molar refractivity (Wildman–Crippen MR) is 102 cm³/mol. The molecular formula is C17H26N4O3S2. The Hall–Kier alpha value is -1.29. The van der Waals surface area contributed by atoms with Crippen molar-refractivity contribution in [2.75, 3.05) is 7.05 Å². The van der Waals surface area contributed by atoms with Crippen LogP contribution in [-0.2, 0) is 16.4 Å². The smallest absolute Gasteiger partial charge is 0.269 e. The summed E-state index contributed by atoms with van der Waals surface area (Å²) in [5, 5.41) is 8.84. The van der Waals surface area contributed by atoms with Crippen LogP contribution in [0.4, 0.5) is 0 Å². The summed E-state index contributed by atoms with van der Waals surface area (Å²) in [4.78, 5) is 5.10. The standard InChI is InChI=1S/C17H26N4O3S2/c1-12(18-2)11-15-19-17(24-20-15)16-14(9-10-25-16)26(22,23)21-13-7-5-3-4-6-8-13/h9-10,12-13,18,21H,3-8,11H2,1-2H3. The highest BCUT2D eigenvalue weighted by Gasteiger charge is 2.27. The molecule has 0 aromatic carbocycles. The Morgan fingerprint density at radius 3 is 2.73 bits per heavy atom. The molecule has 0 radical (unpaired) electrons. The second-order valence-electron chi connectivity index (χ2n) is 6.83. The lowest BCUT2D eigenvalue weighted by molar-refractivity contribution is 0.418. The van der Waals surface area contributed by atoms with Crippen LogP contribution < -0.4 is 10.0 Å². The van der Waals surface area contributed by atoms with Crippen LogP contribution in [0.3, 0.4) is 0 Å². The van der Waals surface area contributed by atoms with Crippen LogP contribution in [0, 0.1) is 0 Å². The molecule has 0 saturated heterocycles. The molecule has 9 heteroatoms. The number of thiophene rings is 1. The number of likely N-dealkylation sites (N-methyl/N-ethyl adjacent to an activating group) is 1. The first-order valence-corrected chi connectivity index (χ1v) is 11.5. The molecule has 0 spiro atoms. The molecule has 2 aromatic heterocycles. The molecule has 26 heavy (non-hydrogen) atoms. The topological polar surface area (TPSA) is 97.1 Å². The largest absolute Gasteiger partial charge is 0.333 e. The lowest BCUT2D eigenvalue weighted by Gasteiger charge is -2.16. The van der Waals surface area contributed by atoms with Crippen molar-refractivity contribution < 1.29 is 12.9 Å². The molecule has 0 aliphatic heterocycles. The Morgan fingerprint density at radius 2 is 2.04 bits per heavy atom. The summed E-state index contributed by atoms with van der Waals surface area (Å²) in [6.07, 6.45) is 6.90. The highest BCUT2D eigenvalue weighted by Crippen LogP contribution is 2.32. The molecule has 1 aliphatic rings. The average Bonchev–Trinajstić information content (AvgIpc) is 3.20. The van der Waals surface area contributed by atoms with Gasteiger partial charge in [-0.1, -0.05) is 30.8 Å². The second kappa shape index (κ2) is 8.60. The van der Waals surface area contributed by atoms with Crippen LogP contribution in [0.15, 0.2) is 20.9 Å². The summed E-state index contributed by atoms with van der Waals surface area (Å²) < 4.78 is 34.0. The molecule has 2 heterocycles. The quantitative estimate of drug-likeness (QED) is 0.696. The number of aromatic nitrogens is 2. The van der Waals surface area contributed by atoms with Crippen LogP contribution in [-0.4, -0.2) is 37.7 Å².